The molecule has 0 aromatic rings. The van der Waals surface area contributed by atoms with E-state index in [2.05, 4.69) is 0 Å². The average molecular weight is 201 g/mol. The number of aliphatic hydroxyl groups excluding tert-OH is 1. The fourth-order valence-corrected chi connectivity index (χ4v) is 1.81. The number of hydrogen-bond donors (Lipinski definition) is 1. The Hall–Kier alpha value is -0.610. The van der Waals surface area contributed by atoms with E-state index in [1.54, 1.807) is 4.90 Å². The van der Waals surface area contributed by atoms with Crippen molar-refractivity contribution in [2.75, 3.05) is 26.3 Å². The third-order valence-corrected chi connectivity index (χ3v) is 2.71. The first kappa shape index (κ1) is 11.5. The zero-order chi connectivity index (χ0) is 10.6. The van der Waals surface area contributed by atoms with Gasteiger partial charge in [0.2, 0.25) is 0 Å². The molecule has 1 atom stereocenters. The van der Waals surface area contributed by atoms with Crippen LogP contribution in [0.25, 0.3) is 0 Å². The Morgan fingerprint density at radius 3 is 2.79 bits per heavy atom. The predicted octanol–water partition coefficient (Wildman–Crippen LogP) is 0.396. The van der Waals surface area contributed by atoms with E-state index >= 15 is 0 Å². The molecule has 1 amide bonds. The van der Waals surface area contributed by atoms with Gasteiger partial charge in [0.15, 0.2) is 0 Å². The lowest BCUT2D eigenvalue weighted by Gasteiger charge is -2.29. The second-order valence-electron chi connectivity index (χ2n) is 3.79. The third-order valence-electron chi connectivity index (χ3n) is 2.71. The second-order valence-corrected chi connectivity index (χ2v) is 3.79. The van der Waals surface area contributed by atoms with Gasteiger partial charge in [-0.15, -0.1) is 0 Å². The lowest BCUT2D eigenvalue weighted by molar-refractivity contribution is -0.151. The molecule has 1 fully saturated rings. The van der Waals surface area contributed by atoms with Crippen LogP contribution < -0.4 is 0 Å². The van der Waals surface area contributed by atoms with Crippen molar-refractivity contribution in [1.29, 1.82) is 0 Å². The summed E-state index contributed by atoms with van der Waals surface area (Å²) in [6.07, 6.45) is 1.73. The highest BCUT2D eigenvalue weighted by atomic mass is 16.5. The maximum Gasteiger partial charge on any atom is 0.254 e. The SMILES string of the molecule is CCN(CCO)C(=O)C1(C)CCCO1. The summed E-state index contributed by atoms with van der Waals surface area (Å²) in [5.41, 5.74) is -0.648. The highest BCUT2D eigenvalue weighted by Gasteiger charge is 2.39. The maximum absolute atomic E-state index is 12.0. The van der Waals surface area contributed by atoms with Gasteiger partial charge in [-0.2, -0.15) is 0 Å². The van der Waals surface area contributed by atoms with E-state index in [0.717, 1.165) is 12.8 Å². The Balaban J connectivity index is 2.61. The van der Waals surface area contributed by atoms with Crippen LogP contribution in [0.2, 0.25) is 0 Å². The molecular formula is C10H19NO3. The highest BCUT2D eigenvalue weighted by Crippen LogP contribution is 2.27. The molecule has 1 unspecified atom stereocenters. The van der Waals surface area contributed by atoms with Gasteiger partial charge in [-0.25, -0.2) is 0 Å². The van der Waals surface area contributed by atoms with E-state index < -0.39 is 5.60 Å². The lowest BCUT2D eigenvalue weighted by Crippen LogP contribution is -2.47. The molecule has 0 spiro atoms. The zero-order valence-electron chi connectivity index (χ0n) is 8.95. The number of amides is 1. The molecular weight excluding hydrogens is 182 g/mol. The van der Waals surface area contributed by atoms with Crippen LogP contribution in [-0.2, 0) is 9.53 Å². The van der Waals surface area contributed by atoms with Gasteiger partial charge in [-0.3, -0.25) is 4.79 Å². The summed E-state index contributed by atoms with van der Waals surface area (Å²) in [4.78, 5) is 13.6. The summed E-state index contributed by atoms with van der Waals surface area (Å²) in [6.45, 7) is 5.44. The van der Waals surface area contributed by atoms with Crippen molar-refractivity contribution in [2.45, 2.75) is 32.3 Å². The van der Waals surface area contributed by atoms with Crippen molar-refractivity contribution in [3.63, 3.8) is 0 Å². The third kappa shape index (κ3) is 2.25. The molecule has 4 nitrogen and oxygen atoms in total. The molecule has 1 N–H and O–H groups in total. The number of rotatable bonds is 4. The minimum Gasteiger partial charge on any atom is -0.395 e. The van der Waals surface area contributed by atoms with Crippen molar-refractivity contribution in [2.24, 2.45) is 0 Å². The molecule has 1 aliphatic heterocycles. The zero-order valence-corrected chi connectivity index (χ0v) is 8.95. The summed E-state index contributed by atoms with van der Waals surface area (Å²) >= 11 is 0. The fourth-order valence-electron chi connectivity index (χ4n) is 1.81. The van der Waals surface area contributed by atoms with E-state index in [4.69, 9.17) is 9.84 Å². The molecule has 1 heterocycles. The van der Waals surface area contributed by atoms with E-state index in [9.17, 15) is 4.79 Å². The molecule has 1 saturated heterocycles. The number of ether oxygens (including phenoxy) is 1. The summed E-state index contributed by atoms with van der Waals surface area (Å²) in [5.74, 6) is 0.00606. The number of likely N-dealkylation sites (N-methyl/N-ethyl adjacent to an activating group) is 1. The smallest absolute Gasteiger partial charge is 0.254 e. The van der Waals surface area contributed by atoms with Gasteiger partial charge < -0.3 is 14.7 Å². The molecule has 1 aliphatic rings. The highest BCUT2D eigenvalue weighted by molar-refractivity contribution is 5.85. The molecule has 0 bridgehead atoms. The number of aliphatic hydroxyl groups is 1. The first-order valence-corrected chi connectivity index (χ1v) is 5.18. The van der Waals surface area contributed by atoms with Crippen molar-refractivity contribution < 1.29 is 14.6 Å². The van der Waals surface area contributed by atoms with Crippen LogP contribution in [0.3, 0.4) is 0 Å². The molecule has 0 aliphatic carbocycles. The van der Waals surface area contributed by atoms with Crippen molar-refractivity contribution >= 4 is 5.91 Å². The van der Waals surface area contributed by atoms with Crippen LogP contribution in [0.1, 0.15) is 26.7 Å². The maximum atomic E-state index is 12.0. The summed E-state index contributed by atoms with van der Waals surface area (Å²) < 4.78 is 5.46. The molecule has 0 aromatic carbocycles. The minimum atomic E-state index is -0.648. The second kappa shape index (κ2) is 4.75. The lowest BCUT2D eigenvalue weighted by atomic mass is 10.0. The molecule has 0 saturated carbocycles. The van der Waals surface area contributed by atoms with E-state index in [1.807, 2.05) is 13.8 Å². The van der Waals surface area contributed by atoms with Crippen LogP contribution in [0.4, 0.5) is 0 Å². The fraction of sp³-hybridized carbons (Fsp3) is 0.900. The normalized spacial score (nSPS) is 26.5. The molecule has 82 valence electrons. The van der Waals surface area contributed by atoms with Crippen LogP contribution in [0.15, 0.2) is 0 Å². The summed E-state index contributed by atoms with van der Waals surface area (Å²) in [5, 5.41) is 8.81. The standard InChI is InChI=1S/C10H19NO3/c1-3-11(6-7-12)9(13)10(2)5-4-8-14-10/h12H,3-8H2,1-2H3. The number of carbonyl (C=O) groups excluding carboxylic acids is 1. The largest absolute Gasteiger partial charge is 0.395 e. The summed E-state index contributed by atoms with van der Waals surface area (Å²) in [7, 11) is 0. The van der Waals surface area contributed by atoms with E-state index in [0.29, 0.717) is 19.7 Å². The van der Waals surface area contributed by atoms with Gasteiger partial charge >= 0.3 is 0 Å². The van der Waals surface area contributed by atoms with Gasteiger partial charge in [-0.1, -0.05) is 0 Å². The van der Waals surface area contributed by atoms with Gasteiger partial charge in [0.05, 0.1) is 6.61 Å². The summed E-state index contributed by atoms with van der Waals surface area (Å²) in [6, 6.07) is 0. The van der Waals surface area contributed by atoms with Crippen molar-refractivity contribution in [3.8, 4) is 0 Å². The van der Waals surface area contributed by atoms with Crippen LogP contribution in [-0.4, -0.2) is 47.8 Å². The Morgan fingerprint density at radius 2 is 2.36 bits per heavy atom. The minimum absolute atomic E-state index is 0.00606. The average Bonchev–Trinajstić information content (AvgIpc) is 2.62. The van der Waals surface area contributed by atoms with Crippen LogP contribution in [0, 0.1) is 0 Å². The van der Waals surface area contributed by atoms with E-state index in [-0.39, 0.29) is 12.5 Å². The topological polar surface area (TPSA) is 49.8 Å². The van der Waals surface area contributed by atoms with E-state index in [1.165, 1.54) is 0 Å². The monoisotopic (exact) mass is 201 g/mol. The van der Waals surface area contributed by atoms with Gasteiger partial charge in [-0.05, 0) is 26.7 Å². The van der Waals surface area contributed by atoms with Crippen LogP contribution in [0.5, 0.6) is 0 Å². The predicted molar refractivity (Wildman–Crippen MR) is 52.9 cm³/mol. The van der Waals surface area contributed by atoms with Crippen molar-refractivity contribution in [3.05, 3.63) is 0 Å². The van der Waals surface area contributed by atoms with Crippen LogP contribution >= 0.6 is 0 Å². The first-order valence-electron chi connectivity index (χ1n) is 5.18. The quantitative estimate of drug-likeness (QED) is 0.716. The molecule has 0 aromatic heterocycles. The van der Waals surface area contributed by atoms with Gasteiger partial charge in [0.1, 0.15) is 5.60 Å². The van der Waals surface area contributed by atoms with Crippen molar-refractivity contribution in [1.82, 2.24) is 4.90 Å². The molecule has 4 heteroatoms. The van der Waals surface area contributed by atoms with Gasteiger partial charge in [0, 0.05) is 19.7 Å². The Labute approximate surface area is 84.8 Å². The molecule has 1 rings (SSSR count). The first-order chi connectivity index (χ1) is 6.64. The Bertz CT molecular complexity index is 200. The molecule has 0 radical (unpaired) electrons. The number of carbonyl (C=O) groups is 1. The number of hydrogen-bond acceptors (Lipinski definition) is 3. The number of nitrogens with zero attached hydrogens (tertiary/aromatic N) is 1. The Morgan fingerprint density at radius 1 is 1.64 bits per heavy atom. The Kier molecular flexibility index (Phi) is 3.89. The van der Waals surface area contributed by atoms with Gasteiger partial charge in [0.25, 0.3) is 5.91 Å². The molecule has 14 heavy (non-hydrogen) atoms.